The summed E-state index contributed by atoms with van der Waals surface area (Å²) in [6.45, 7) is 6.92. The van der Waals surface area contributed by atoms with E-state index in [2.05, 4.69) is 17.1 Å². The first-order valence-corrected chi connectivity index (χ1v) is 6.99. The van der Waals surface area contributed by atoms with Gasteiger partial charge in [0.25, 0.3) is 0 Å². The summed E-state index contributed by atoms with van der Waals surface area (Å²) in [5.41, 5.74) is 9.14. The van der Waals surface area contributed by atoms with E-state index in [1.54, 1.807) is 31.2 Å². The van der Waals surface area contributed by atoms with Crippen LogP contribution in [0.3, 0.4) is 0 Å². The van der Waals surface area contributed by atoms with Crippen molar-refractivity contribution in [2.75, 3.05) is 5.75 Å². The normalized spacial score (nSPS) is 12.2. The number of rotatable bonds is 5. The third kappa shape index (κ3) is 4.21. The highest BCUT2D eigenvalue weighted by Gasteiger charge is 2.15. The number of benzene rings is 1. The monoisotopic (exact) mass is 267 g/mol. The predicted molar refractivity (Wildman–Crippen MR) is 72.8 cm³/mol. The van der Waals surface area contributed by atoms with Crippen LogP contribution in [0, 0.1) is 6.92 Å². The van der Waals surface area contributed by atoms with Gasteiger partial charge in [-0.1, -0.05) is 24.3 Å². The lowest BCUT2D eigenvalue weighted by molar-refractivity contribution is 0.599. The van der Waals surface area contributed by atoms with Gasteiger partial charge in [-0.05, 0) is 26.0 Å². The topological polar surface area (TPSA) is 84.5 Å². The summed E-state index contributed by atoms with van der Waals surface area (Å²) in [6, 6.07) is 6.71. The molecule has 6 heteroatoms. The highest BCUT2D eigenvalue weighted by atomic mass is 32.2. The van der Waals surface area contributed by atoms with Crippen molar-refractivity contribution < 1.29 is 8.42 Å². The van der Waals surface area contributed by atoms with Crippen LogP contribution in [0.1, 0.15) is 12.5 Å². The molecule has 0 unspecified atom stereocenters. The summed E-state index contributed by atoms with van der Waals surface area (Å²) < 4.78 is 24.1. The summed E-state index contributed by atoms with van der Waals surface area (Å²) in [5.74, 6) is 0.0122. The molecule has 5 nitrogen and oxygen atoms in total. The second-order valence-electron chi connectivity index (χ2n) is 4.06. The third-order valence-corrected chi connectivity index (χ3v) is 3.96. The average molecular weight is 267 g/mol. The lowest BCUT2D eigenvalue weighted by Gasteiger charge is -2.05. The van der Waals surface area contributed by atoms with Crippen molar-refractivity contribution in [2.45, 2.75) is 18.7 Å². The molecule has 0 amide bonds. The molecule has 1 aromatic carbocycles. The van der Waals surface area contributed by atoms with E-state index in [4.69, 9.17) is 5.73 Å². The van der Waals surface area contributed by atoms with Crippen LogP contribution >= 0.6 is 0 Å². The van der Waals surface area contributed by atoms with Crippen LogP contribution in [0.15, 0.2) is 46.7 Å². The standard InChI is InChI=1S/C12H17N3O2S/c1-9-4-6-12(7-5-9)18(16,17)8-10(2)14-15-11(3)13/h4-7,15H,3,8,13H2,1-2H3/b14-10-. The molecule has 0 saturated heterocycles. The fourth-order valence-electron chi connectivity index (χ4n) is 1.30. The maximum atomic E-state index is 12.0. The zero-order valence-corrected chi connectivity index (χ0v) is 11.3. The Labute approximate surface area is 107 Å². The Hall–Kier alpha value is -1.82. The van der Waals surface area contributed by atoms with Gasteiger partial charge in [-0.25, -0.2) is 8.42 Å². The van der Waals surface area contributed by atoms with Gasteiger partial charge < -0.3 is 5.73 Å². The molecule has 0 atom stereocenters. The molecule has 0 aliphatic heterocycles. The quantitative estimate of drug-likeness (QED) is 0.619. The number of nitrogens with zero attached hydrogens (tertiary/aromatic N) is 1. The highest BCUT2D eigenvalue weighted by Crippen LogP contribution is 2.12. The molecule has 0 fully saturated rings. The Balaban J connectivity index is 2.85. The minimum atomic E-state index is -3.37. The van der Waals surface area contributed by atoms with E-state index in [1.165, 1.54) is 0 Å². The van der Waals surface area contributed by atoms with Crippen LogP contribution in [0.25, 0.3) is 0 Å². The molecule has 0 radical (unpaired) electrons. The Morgan fingerprint density at radius 1 is 1.39 bits per heavy atom. The van der Waals surface area contributed by atoms with Gasteiger partial charge in [0, 0.05) is 0 Å². The largest absolute Gasteiger partial charge is 0.385 e. The molecule has 0 heterocycles. The van der Waals surface area contributed by atoms with Gasteiger partial charge in [-0.3, -0.25) is 5.43 Å². The van der Waals surface area contributed by atoms with E-state index in [0.717, 1.165) is 5.56 Å². The fourth-order valence-corrected chi connectivity index (χ4v) is 2.64. The Morgan fingerprint density at radius 2 is 1.94 bits per heavy atom. The summed E-state index contributed by atoms with van der Waals surface area (Å²) in [4.78, 5) is 0.286. The Bertz CT molecular complexity index is 559. The molecule has 1 rings (SSSR count). The number of nitrogens with two attached hydrogens (primary N) is 1. The van der Waals surface area contributed by atoms with Gasteiger partial charge in [0.2, 0.25) is 0 Å². The fraction of sp³-hybridized carbons (Fsp3) is 0.250. The minimum absolute atomic E-state index is 0.156. The molecule has 98 valence electrons. The van der Waals surface area contributed by atoms with Crippen LogP contribution in [-0.4, -0.2) is 19.9 Å². The molecule has 0 aliphatic rings. The van der Waals surface area contributed by atoms with Crippen molar-refractivity contribution in [3.05, 3.63) is 42.2 Å². The molecule has 0 aromatic heterocycles. The van der Waals surface area contributed by atoms with Crippen molar-refractivity contribution in [3.8, 4) is 0 Å². The second kappa shape index (κ2) is 5.68. The van der Waals surface area contributed by atoms with Crippen LogP contribution in [0.5, 0.6) is 0 Å². The Morgan fingerprint density at radius 3 is 2.44 bits per heavy atom. The van der Waals surface area contributed by atoms with Gasteiger partial charge in [0.05, 0.1) is 16.4 Å². The molecule has 18 heavy (non-hydrogen) atoms. The molecule has 0 saturated carbocycles. The average Bonchev–Trinajstić information content (AvgIpc) is 2.26. The molecular formula is C12H17N3O2S. The second-order valence-corrected chi connectivity index (χ2v) is 6.05. The molecule has 3 N–H and O–H groups in total. The first-order valence-electron chi connectivity index (χ1n) is 5.34. The first kappa shape index (κ1) is 14.2. The van der Waals surface area contributed by atoms with Crippen molar-refractivity contribution in [1.29, 1.82) is 0 Å². The smallest absolute Gasteiger partial charge is 0.183 e. The van der Waals surface area contributed by atoms with E-state index in [-0.39, 0.29) is 16.5 Å². The maximum Gasteiger partial charge on any atom is 0.183 e. The number of nitrogens with one attached hydrogen (secondary N) is 1. The number of hydrazone groups is 1. The van der Waals surface area contributed by atoms with Crippen molar-refractivity contribution in [1.82, 2.24) is 5.43 Å². The summed E-state index contributed by atoms with van der Waals surface area (Å²) >= 11 is 0. The number of hydrogen-bond acceptors (Lipinski definition) is 5. The van der Waals surface area contributed by atoms with E-state index in [0.29, 0.717) is 5.71 Å². The highest BCUT2D eigenvalue weighted by molar-refractivity contribution is 7.92. The Kier molecular flexibility index (Phi) is 4.49. The first-order chi connectivity index (χ1) is 8.31. The zero-order valence-electron chi connectivity index (χ0n) is 10.5. The lowest BCUT2D eigenvalue weighted by atomic mass is 10.2. The molecule has 0 spiro atoms. The van der Waals surface area contributed by atoms with Crippen LogP contribution < -0.4 is 11.2 Å². The summed E-state index contributed by atoms with van der Waals surface area (Å²) in [5, 5.41) is 3.81. The summed E-state index contributed by atoms with van der Waals surface area (Å²) in [7, 11) is -3.37. The van der Waals surface area contributed by atoms with Gasteiger partial charge in [-0.2, -0.15) is 5.10 Å². The lowest BCUT2D eigenvalue weighted by Crippen LogP contribution is -2.19. The SMILES string of the molecule is C=C(N)N/N=C(/C)CS(=O)(=O)c1ccc(C)cc1. The number of sulfone groups is 1. The number of aryl methyl sites for hydroxylation is 1. The van der Waals surface area contributed by atoms with Crippen molar-refractivity contribution >= 4 is 15.5 Å². The van der Waals surface area contributed by atoms with Gasteiger partial charge in [0.15, 0.2) is 9.84 Å². The van der Waals surface area contributed by atoms with Gasteiger partial charge in [-0.15, -0.1) is 0 Å². The van der Waals surface area contributed by atoms with Crippen molar-refractivity contribution in [3.63, 3.8) is 0 Å². The van der Waals surface area contributed by atoms with Crippen LogP contribution in [0.4, 0.5) is 0 Å². The van der Waals surface area contributed by atoms with Crippen LogP contribution in [-0.2, 0) is 9.84 Å². The maximum absolute atomic E-state index is 12.0. The van der Waals surface area contributed by atoms with E-state index >= 15 is 0 Å². The van der Waals surface area contributed by atoms with Gasteiger partial charge in [0.1, 0.15) is 5.82 Å². The van der Waals surface area contributed by atoms with Crippen LogP contribution in [0.2, 0.25) is 0 Å². The van der Waals surface area contributed by atoms with E-state index in [1.807, 2.05) is 6.92 Å². The summed E-state index contributed by atoms with van der Waals surface area (Å²) in [6.07, 6.45) is 0. The predicted octanol–water partition coefficient (Wildman–Crippen LogP) is 1.16. The zero-order chi connectivity index (χ0) is 13.8. The molecule has 0 aliphatic carbocycles. The third-order valence-electron chi connectivity index (χ3n) is 2.17. The molecule has 1 aromatic rings. The van der Waals surface area contributed by atoms with Gasteiger partial charge >= 0.3 is 0 Å². The number of hydrogen-bond donors (Lipinski definition) is 2. The van der Waals surface area contributed by atoms with Crippen molar-refractivity contribution in [2.24, 2.45) is 10.8 Å². The molecule has 0 bridgehead atoms. The minimum Gasteiger partial charge on any atom is -0.385 e. The van der Waals surface area contributed by atoms with E-state index < -0.39 is 9.84 Å². The van der Waals surface area contributed by atoms with E-state index in [9.17, 15) is 8.42 Å². The molecular weight excluding hydrogens is 250 g/mol.